The number of hydrogen-bond donors (Lipinski definition) is 1. The summed E-state index contributed by atoms with van der Waals surface area (Å²) >= 11 is 1.28. The molecule has 8 heteroatoms. The van der Waals surface area contributed by atoms with Gasteiger partial charge in [0.05, 0.1) is 5.39 Å². The predicted octanol–water partition coefficient (Wildman–Crippen LogP) is 3.41. The Morgan fingerprint density at radius 1 is 1.11 bits per heavy atom. The summed E-state index contributed by atoms with van der Waals surface area (Å²) in [5, 5.41) is 11.4. The van der Waals surface area contributed by atoms with E-state index in [2.05, 4.69) is 9.97 Å². The van der Waals surface area contributed by atoms with Crippen LogP contribution in [0.25, 0.3) is 32.7 Å². The lowest BCUT2D eigenvalue weighted by Crippen LogP contribution is -2.26. The largest absolute Gasteiger partial charge is 0.480 e. The van der Waals surface area contributed by atoms with Crippen LogP contribution in [0.1, 0.15) is 0 Å². The summed E-state index contributed by atoms with van der Waals surface area (Å²) in [5.74, 6) is -1.25. The highest BCUT2D eigenvalue weighted by atomic mass is 32.1. The van der Waals surface area contributed by atoms with Gasteiger partial charge in [0, 0.05) is 28.9 Å². The quantitative estimate of drug-likeness (QED) is 0.586. The molecule has 134 valence electrons. The van der Waals surface area contributed by atoms with Crippen LogP contribution in [0.2, 0.25) is 0 Å². The van der Waals surface area contributed by atoms with Gasteiger partial charge in [-0.1, -0.05) is 12.1 Å². The Balaban J connectivity index is 2.01. The molecule has 3 aromatic heterocycles. The van der Waals surface area contributed by atoms with Gasteiger partial charge in [0.15, 0.2) is 0 Å². The third-order valence-electron chi connectivity index (χ3n) is 4.08. The minimum absolute atomic E-state index is 0.268. The number of rotatable bonds is 4. The number of carboxylic acids is 1. The molecule has 4 aromatic rings. The van der Waals surface area contributed by atoms with Crippen LogP contribution in [0.5, 0.6) is 0 Å². The predicted molar refractivity (Wildman–Crippen MR) is 100 cm³/mol. The van der Waals surface area contributed by atoms with Gasteiger partial charge in [0.1, 0.15) is 23.0 Å². The van der Waals surface area contributed by atoms with Crippen molar-refractivity contribution in [3.8, 4) is 22.5 Å². The standard InChI is InChI=1S/C19H12FN3O3S/c20-13-3-1-11(2-4-13)14-10-27-18-16(14)19(26)23(9-15(24)25)17(22-18)12-5-7-21-8-6-12/h1-8,10H,9H2,(H,24,25). The number of pyridine rings is 1. The molecule has 0 aliphatic heterocycles. The van der Waals surface area contributed by atoms with Crippen molar-refractivity contribution in [1.29, 1.82) is 0 Å². The summed E-state index contributed by atoms with van der Waals surface area (Å²) in [5.41, 5.74) is 1.42. The summed E-state index contributed by atoms with van der Waals surface area (Å²) in [4.78, 5) is 33.5. The molecule has 4 rings (SSSR count). The monoisotopic (exact) mass is 381 g/mol. The average Bonchev–Trinajstić information content (AvgIpc) is 3.09. The van der Waals surface area contributed by atoms with E-state index in [1.165, 1.54) is 23.5 Å². The van der Waals surface area contributed by atoms with Gasteiger partial charge in [-0.3, -0.25) is 19.1 Å². The molecule has 1 aromatic carbocycles. The first-order valence-corrected chi connectivity index (χ1v) is 8.82. The number of carboxylic acid groups (broad SMARTS) is 1. The first kappa shape index (κ1) is 17.0. The van der Waals surface area contributed by atoms with E-state index in [-0.39, 0.29) is 11.6 Å². The smallest absolute Gasteiger partial charge is 0.323 e. The van der Waals surface area contributed by atoms with Gasteiger partial charge in [-0.15, -0.1) is 11.3 Å². The van der Waals surface area contributed by atoms with Gasteiger partial charge >= 0.3 is 5.97 Å². The maximum absolute atomic E-state index is 13.2. The number of aromatic nitrogens is 3. The van der Waals surface area contributed by atoms with E-state index in [4.69, 9.17) is 0 Å². The zero-order valence-electron chi connectivity index (χ0n) is 13.8. The van der Waals surface area contributed by atoms with E-state index in [1.54, 1.807) is 42.0 Å². The number of halogens is 1. The fourth-order valence-corrected chi connectivity index (χ4v) is 3.81. The van der Waals surface area contributed by atoms with Crippen LogP contribution in [0.4, 0.5) is 4.39 Å². The van der Waals surface area contributed by atoms with Crippen LogP contribution in [0.3, 0.4) is 0 Å². The second-order valence-corrected chi connectivity index (χ2v) is 6.65. The van der Waals surface area contributed by atoms with E-state index in [0.29, 0.717) is 26.9 Å². The fraction of sp³-hybridized carbons (Fsp3) is 0.0526. The second kappa shape index (κ2) is 6.73. The minimum atomic E-state index is -1.15. The van der Waals surface area contributed by atoms with E-state index in [9.17, 15) is 19.1 Å². The molecule has 0 spiro atoms. The van der Waals surface area contributed by atoms with E-state index >= 15 is 0 Å². The van der Waals surface area contributed by atoms with Crippen molar-refractivity contribution < 1.29 is 14.3 Å². The molecule has 0 bridgehead atoms. The number of benzene rings is 1. The van der Waals surface area contributed by atoms with Crippen LogP contribution in [-0.4, -0.2) is 25.6 Å². The number of nitrogens with zero attached hydrogens (tertiary/aromatic N) is 3. The third kappa shape index (κ3) is 3.11. The molecule has 0 fully saturated rings. The Bertz CT molecular complexity index is 1200. The number of thiophene rings is 1. The summed E-state index contributed by atoms with van der Waals surface area (Å²) in [6, 6.07) is 9.12. The topological polar surface area (TPSA) is 85.1 Å². The maximum atomic E-state index is 13.2. The van der Waals surface area contributed by atoms with Crippen molar-refractivity contribution >= 4 is 27.5 Å². The number of carbonyl (C=O) groups is 1. The van der Waals surface area contributed by atoms with Crippen molar-refractivity contribution in [2.45, 2.75) is 6.54 Å². The van der Waals surface area contributed by atoms with Crippen molar-refractivity contribution in [2.24, 2.45) is 0 Å². The first-order chi connectivity index (χ1) is 13.0. The van der Waals surface area contributed by atoms with Crippen molar-refractivity contribution in [3.05, 3.63) is 70.3 Å². The van der Waals surface area contributed by atoms with E-state index in [1.807, 2.05) is 0 Å². The number of fused-ring (bicyclic) bond motifs is 1. The first-order valence-electron chi connectivity index (χ1n) is 7.95. The highest BCUT2D eigenvalue weighted by molar-refractivity contribution is 7.17. The summed E-state index contributed by atoms with van der Waals surface area (Å²) < 4.78 is 14.4. The van der Waals surface area contributed by atoms with Crippen LogP contribution in [-0.2, 0) is 11.3 Å². The van der Waals surface area contributed by atoms with Crippen molar-refractivity contribution in [1.82, 2.24) is 14.5 Å². The highest BCUT2D eigenvalue weighted by Crippen LogP contribution is 2.32. The van der Waals surface area contributed by atoms with Gasteiger partial charge in [0.2, 0.25) is 0 Å². The Kier molecular flexibility index (Phi) is 4.25. The minimum Gasteiger partial charge on any atom is -0.480 e. The maximum Gasteiger partial charge on any atom is 0.323 e. The van der Waals surface area contributed by atoms with Crippen LogP contribution >= 0.6 is 11.3 Å². The second-order valence-electron chi connectivity index (χ2n) is 5.79. The van der Waals surface area contributed by atoms with Gasteiger partial charge in [-0.2, -0.15) is 0 Å². The molecule has 0 saturated heterocycles. The molecular weight excluding hydrogens is 369 g/mol. The molecule has 27 heavy (non-hydrogen) atoms. The number of hydrogen-bond acceptors (Lipinski definition) is 5. The average molecular weight is 381 g/mol. The van der Waals surface area contributed by atoms with Gasteiger partial charge in [-0.25, -0.2) is 9.37 Å². The molecular formula is C19H12FN3O3S. The lowest BCUT2D eigenvalue weighted by molar-refractivity contribution is -0.137. The lowest BCUT2D eigenvalue weighted by Gasteiger charge is -2.11. The summed E-state index contributed by atoms with van der Waals surface area (Å²) in [6.45, 7) is -0.516. The Morgan fingerprint density at radius 3 is 2.48 bits per heavy atom. The Morgan fingerprint density at radius 2 is 1.81 bits per heavy atom. The van der Waals surface area contributed by atoms with Crippen LogP contribution in [0, 0.1) is 5.82 Å². The molecule has 0 aliphatic carbocycles. The molecule has 0 radical (unpaired) electrons. The summed E-state index contributed by atoms with van der Waals surface area (Å²) in [6.07, 6.45) is 3.10. The molecule has 6 nitrogen and oxygen atoms in total. The fourth-order valence-electron chi connectivity index (χ4n) is 2.87. The zero-order valence-corrected chi connectivity index (χ0v) is 14.6. The lowest BCUT2D eigenvalue weighted by atomic mass is 10.1. The van der Waals surface area contributed by atoms with Crippen LogP contribution in [0.15, 0.2) is 59.0 Å². The molecule has 0 amide bonds. The highest BCUT2D eigenvalue weighted by Gasteiger charge is 2.19. The zero-order chi connectivity index (χ0) is 19.0. The molecule has 0 aliphatic rings. The SMILES string of the molecule is O=C(O)Cn1c(-c2ccncc2)nc2scc(-c3ccc(F)cc3)c2c1=O. The molecule has 0 saturated carbocycles. The normalized spacial score (nSPS) is 11.0. The Labute approximate surface area is 156 Å². The molecule has 3 heterocycles. The van der Waals surface area contributed by atoms with E-state index in [0.717, 1.165) is 4.57 Å². The third-order valence-corrected chi connectivity index (χ3v) is 4.95. The van der Waals surface area contributed by atoms with Gasteiger partial charge in [-0.05, 0) is 29.8 Å². The van der Waals surface area contributed by atoms with Crippen LogP contribution < -0.4 is 5.56 Å². The summed E-state index contributed by atoms with van der Waals surface area (Å²) in [7, 11) is 0. The van der Waals surface area contributed by atoms with Gasteiger partial charge < -0.3 is 5.11 Å². The van der Waals surface area contributed by atoms with Crippen molar-refractivity contribution in [2.75, 3.05) is 0 Å². The molecule has 0 atom stereocenters. The Hall–Kier alpha value is -3.39. The molecule has 0 unspecified atom stereocenters. The number of aliphatic carboxylic acids is 1. The van der Waals surface area contributed by atoms with E-state index < -0.39 is 18.1 Å². The van der Waals surface area contributed by atoms with Crippen molar-refractivity contribution in [3.63, 3.8) is 0 Å². The molecule has 1 N–H and O–H groups in total. The van der Waals surface area contributed by atoms with Gasteiger partial charge in [0.25, 0.3) is 5.56 Å².